The van der Waals surface area contributed by atoms with Gasteiger partial charge in [0.05, 0.1) is 18.3 Å². The summed E-state index contributed by atoms with van der Waals surface area (Å²) in [6, 6.07) is 14.1. The lowest BCUT2D eigenvalue weighted by Gasteiger charge is -2.37. The summed E-state index contributed by atoms with van der Waals surface area (Å²) in [5.74, 6) is 0.935. The summed E-state index contributed by atoms with van der Waals surface area (Å²) in [5, 5.41) is 3.21. The number of benzene rings is 2. The monoisotopic (exact) mass is 438 g/mol. The summed E-state index contributed by atoms with van der Waals surface area (Å²) in [4.78, 5) is 15.0. The van der Waals surface area contributed by atoms with Crippen molar-refractivity contribution in [1.82, 2.24) is 0 Å². The lowest BCUT2D eigenvalue weighted by atomic mass is 9.96. The largest absolute Gasteiger partial charge is 0.315 e. The van der Waals surface area contributed by atoms with E-state index in [2.05, 4.69) is 16.1 Å². The van der Waals surface area contributed by atoms with Crippen LogP contribution in [0.5, 0.6) is 0 Å². The van der Waals surface area contributed by atoms with Crippen LogP contribution in [-0.2, 0) is 26.5 Å². The van der Waals surface area contributed by atoms with E-state index in [1.807, 2.05) is 50.2 Å². The number of carbonyl (C=O) groups is 1. The third kappa shape index (κ3) is 4.06. The molecule has 1 heterocycles. The number of nitrogens with one attached hydrogen (secondary N) is 1. The fraction of sp³-hybridized carbons (Fsp3) is 0.480. The van der Waals surface area contributed by atoms with Gasteiger partial charge < -0.3 is 14.5 Å². The molecule has 164 valence electrons. The average molecular weight is 439 g/mol. The maximum absolute atomic E-state index is 13.6. The highest BCUT2D eigenvalue weighted by Gasteiger charge is 2.60. The van der Waals surface area contributed by atoms with E-state index in [0.717, 1.165) is 41.8 Å². The van der Waals surface area contributed by atoms with E-state index in [-0.39, 0.29) is 11.4 Å². The zero-order chi connectivity index (χ0) is 21.6. The summed E-state index contributed by atoms with van der Waals surface area (Å²) < 4.78 is 19.3. The van der Waals surface area contributed by atoms with Gasteiger partial charge in [0.15, 0.2) is 0 Å². The van der Waals surface area contributed by atoms with Crippen LogP contribution in [0.15, 0.2) is 42.5 Å². The Morgan fingerprint density at radius 3 is 2.52 bits per heavy atom. The van der Waals surface area contributed by atoms with Gasteiger partial charge in [0.2, 0.25) is 5.91 Å². The molecular formula is C25H31N2O3P. The van der Waals surface area contributed by atoms with E-state index in [9.17, 15) is 9.36 Å². The molecule has 3 aliphatic rings. The van der Waals surface area contributed by atoms with Crippen molar-refractivity contribution in [2.75, 3.05) is 16.6 Å². The van der Waals surface area contributed by atoms with Gasteiger partial charge >= 0.3 is 0 Å². The predicted molar refractivity (Wildman–Crippen MR) is 125 cm³/mol. The predicted octanol–water partition coefficient (Wildman–Crippen LogP) is 6.06. The van der Waals surface area contributed by atoms with E-state index >= 15 is 0 Å². The van der Waals surface area contributed by atoms with Crippen LogP contribution in [0.1, 0.15) is 55.7 Å². The molecule has 0 radical (unpaired) electrons. The van der Waals surface area contributed by atoms with Gasteiger partial charge in [0.1, 0.15) is 0 Å². The first-order chi connectivity index (χ1) is 14.9. The minimum Gasteiger partial charge on any atom is -0.315 e. The molecule has 1 amide bonds. The highest BCUT2D eigenvalue weighted by Crippen LogP contribution is 2.60. The molecule has 1 unspecified atom stereocenters. The van der Waals surface area contributed by atoms with Gasteiger partial charge in [-0.25, -0.2) is 0 Å². The van der Waals surface area contributed by atoms with E-state index in [4.69, 9.17) is 4.52 Å². The Labute approximate surface area is 184 Å². The van der Waals surface area contributed by atoms with E-state index in [1.165, 1.54) is 18.4 Å². The van der Waals surface area contributed by atoms with Crippen LogP contribution >= 0.6 is 7.52 Å². The lowest BCUT2D eigenvalue weighted by molar-refractivity contribution is -0.119. The van der Waals surface area contributed by atoms with Crippen molar-refractivity contribution >= 4 is 24.8 Å². The van der Waals surface area contributed by atoms with Crippen LogP contribution in [0.2, 0.25) is 0 Å². The minimum absolute atomic E-state index is 0.0766. The van der Waals surface area contributed by atoms with Crippen molar-refractivity contribution in [1.29, 1.82) is 0 Å². The van der Waals surface area contributed by atoms with Gasteiger partial charge in [-0.3, -0.25) is 9.36 Å². The third-order valence-electron chi connectivity index (χ3n) is 6.87. The molecule has 0 spiro atoms. The Morgan fingerprint density at radius 1 is 1.13 bits per heavy atom. The molecule has 1 atom stereocenters. The Morgan fingerprint density at radius 2 is 1.87 bits per heavy atom. The molecule has 2 aromatic rings. The van der Waals surface area contributed by atoms with Crippen molar-refractivity contribution < 1.29 is 13.9 Å². The molecule has 1 aliphatic heterocycles. The van der Waals surface area contributed by atoms with Crippen LogP contribution in [0, 0.1) is 12.8 Å². The fourth-order valence-corrected chi connectivity index (χ4v) is 6.95. The Hall–Kier alpha value is -2.10. The standard InChI is InChI=1S/C25H31N2O3P/c1-3-30-31(29,17-19-6-4-18(2)5-7-19)26-22-11-12-23-20(16-22)8-13-24(28)27(23)25(14-15-25)21-9-10-21/h4-7,11-12,16,21H,3,8-10,13-15,17H2,1-2H3,(H,26,29). The normalized spacial score (nSPS) is 21.4. The van der Waals surface area contributed by atoms with Crippen LogP contribution in [0.3, 0.4) is 0 Å². The van der Waals surface area contributed by atoms with E-state index in [1.54, 1.807) is 0 Å². The number of amides is 1. The van der Waals surface area contributed by atoms with Gasteiger partial charge in [-0.05, 0) is 81.2 Å². The van der Waals surface area contributed by atoms with Crippen molar-refractivity contribution in [3.05, 3.63) is 59.2 Å². The second-order valence-corrected chi connectivity index (χ2v) is 11.4. The third-order valence-corrected chi connectivity index (χ3v) is 8.93. The first-order valence-electron chi connectivity index (χ1n) is 11.5. The molecule has 31 heavy (non-hydrogen) atoms. The lowest BCUT2D eigenvalue weighted by Crippen LogP contribution is -2.46. The molecule has 2 fully saturated rings. The molecule has 2 aliphatic carbocycles. The molecule has 5 nitrogen and oxygen atoms in total. The number of fused-ring (bicyclic) bond motifs is 1. The quantitative estimate of drug-likeness (QED) is 0.509. The Balaban J connectivity index is 1.40. The maximum atomic E-state index is 13.6. The summed E-state index contributed by atoms with van der Waals surface area (Å²) in [7, 11) is -3.10. The van der Waals surface area contributed by atoms with Gasteiger partial charge in [0.25, 0.3) is 7.52 Å². The number of hydrogen-bond acceptors (Lipinski definition) is 3. The summed E-state index contributed by atoms with van der Waals surface area (Å²) in [6.45, 7) is 4.29. The fourth-order valence-electron chi connectivity index (χ4n) is 5.07. The number of carbonyl (C=O) groups excluding carboxylic acids is 1. The van der Waals surface area contributed by atoms with Gasteiger partial charge in [-0.15, -0.1) is 0 Å². The average Bonchev–Trinajstić information content (AvgIpc) is 3.63. The number of nitrogens with zero attached hydrogens (tertiary/aromatic N) is 1. The molecule has 5 rings (SSSR count). The SMILES string of the molecule is CCOP(=O)(Cc1ccc(C)cc1)Nc1ccc2c(c1)CCC(=O)N2C1(C2CC2)CC1. The first kappa shape index (κ1) is 20.8. The summed E-state index contributed by atoms with van der Waals surface area (Å²) in [5.41, 5.74) is 5.26. The van der Waals surface area contributed by atoms with Crippen LogP contribution in [-0.4, -0.2) is 18.1 Å². The minimum atomic E-state index is -3.10. The first-order valence-corrected chi connectivity index (χ1v) is 13.3. The second-order valence-electron chi connectivity index (χ2n) is 9.30. The van der Waals surface area contributed by atoms with Crippen LogP contribution < -0.4 is 9.99 Å². The summed E-state index contributed by atoms with van der Waals surface area (Å²) >= 11 is 0. The van der Waals surface area contributed by atoms with Gasteiger partial charge in [0, 0.05) is 17.8 Å². The van der Waals surface area contributed by atoms with Crippen molar-refractivity contribution in [3.63, 3.8) is 0 Å². The Bertz CT molecular complexity index is 1040. The zero-order valence-corrected chi connectivity index (χ0v) is 19.3. The van der Waals surface area contributed by atoms with Crippen LogP contribution in [0.4, 0.5) is 11.4 Å². The zero-order valence-electron chi connectivity index (χ0n) is 18.4. The second kappa shape index (κ2) is 7.79. The molecular weight excluding hydrogens is 407 g/mol. The number of aryl methyl sites for hydroxylation is 2. The molecule has 2 aromatic carbocycles. The summed E-state index contributed by atoms with van der Waals surface area (Å²) in [6.07, 6.45) is 6.37. The van der Waals surface area contributed by atoms with Gasteiger partial charge in [-0.1, -0.05) is 29.8 Å². The molecule has 1 N–H and O–H groups in total. The van der Waals surface area contributed by atoms with E-state index in [0.29, 0.717) is 25.1 Å². The molecule has 0 saturated heterocycles. The topological polar surface area (TPSA) is 58.6 Å². The van der Waals surface area contributed by atoms with Crippen molar-refractivity contribution in [3.8, 4) is 0 Å². The number of rotatable bonds is 8. The van der Waals surface area contributed by atoms with Crippen LogP contribution in [0.25, 0.3) is 0 Å². The molecule has 6 heteroatoms. The highest BCUT2D eigenvalue weighted by molar-refractivity contribution is 7.59. The Kier molecular flexibility index (Phi) is 5.22. The molecule has 2 saturated carbocycles. The highest BCUT2D eigenvalue weighted by atomic mass is 31.2. The van der Waals surface area contributed by atoms with Gasteiger partial charge in [-0.2, -0.15) is 0 Å². The molecule has 0 bridgehead atoms. The number of hydrogen-bond donors (Lipinski definition) is 1. The van der Waals surface area contributed by atoms with Crippen molar-refractivity contribution in [2.24, 2.45) is 5.92 Å². The molecule has 0 aromatic heterocycles. The van der Waals surface area contributed by atoms with E-state index < -0.39 is 7.52 Å². The maximum Gasteiger partial charge on any atom is 0.298 e. The van der Waals surface area contributed by atoms with Crippen molar-refractivity contribution in [2.45, 2.75) is 64.1 Å². The smallest absolute Gasteiger partial charge is 0.298 e. The number of anilines is 2.